The summed E-state index contributed by atoms with van der Waals surface area (Å²) in [5, 5.41) is 23.2. The molecule has 0 radical (unpaired) electrons. The van der Waals surface area contributed by atoms with Gasteiger partial charge in [0.15, 0.2) is 0 Å². The standard InChI is InChI=1S/C12H10BrNO3S/c13-8-3-11(18-6-8)5-14-12(17)7-1-9(15)4-10(16)2-7/h1-4,6,15-16H,5H2,(H,14,17). The zero-order chi connectivity index (χ0) is 13.1. The van der Waals surface area contributed by atoms with Crippen molar-refractivity contribution in [3.05, 3.63) is 44.6 Å². The van der Waals surface area contributed by atoms with Crippen molar-refractivity contribution in [1.29, 1.82) is 0 Å². The van der Waals surface area contributed by atoms with Crippen LogP contribution in [0.25, 0.3) is 0 Å². The first-order valence-electron chi connectivity index (χ1n) is 5.09. The van der Waals surface area contributed by atoms with E-state index in [1.54, 1.807) is 0 Å². The van der Waals surface area contributed by atoms with Crippen molar-refractivity contribution in [1.82, 2.24) is 5.32 Å². The molecule has 1 aromatic heterocycles. The van der Waals surface area contributed by atoms with Crippen LogP contribution in [-0.4, -0.2) is 16.1 Å². The Morgan fingerprint density at radius 1 is 1.22 bits per heavy atom. The molecule has 0 aliphatic heterocycles. The Kier molecular flexibility index (Phi) is 3.88. The van der Waals surface area contributed by atoms with Gasteiger partial charge in [0.1, 0.15) is 11.5 Å². The Hall–Kier alpha value is -1.53. The van der Waals surface area contributed by atoms with Crippen LogP contribution < -0.4 is 5.32 Å². The number of rotatable bonds is 3. The molecule has 6 heteroatoms. The molecule has 2 aromatic rings. The maximum absolute atomic E-state index is 11.8. The normalized spacial score (nSPS) is 10.3. The highest BCUT2D eigenvalue weighted by Crippen LogP contribution is 2.21. The first-order valence-corrected chi connectivity index (χ1v) is 6.76. The highest BCUT2D eigenvalue weighted by Gasteiger charge is 2.08. The SMILES string of the molecule is O=C(NCc1cc(Br)cs1)c1cc(O)cc(O)c1. The Labute approximate surface area is 116 Å². The molecule has 0 saturated carbocycles. The van der Waals surface area contributed by atoms with Crippen molar-refractivity contribution in [2.45, 2.75) is 6.54 Å². The maximum atomic E-state index is 11.8. The third-order valence-corrected chi connectivity index (χ3v) is 3.91. The summed E-state index contributed by atoms with van der Waals surface area (Å²) in [6, 6.07) is 5.71. The van der Waals surface area contributed by atoms with Gasteiger partial charge >= 0.3 is 0 Å². The maximum Gasteiger partial charge on any atom is 0.251 e. The van der Waals surface area contributed by atoms with Crippen molar-refractivity contribution in [3.8, 4) is 11.5 Å². The Morgan fingerprint density at radius 3 is 2.44 bits per heavy atom. The van der Waals surface area contributed by atoms with E-state index in [1.807, 2.05) is 11.4 Å². The number of aromatic hydroxyl groups is 2. The first kappa shape index (κ1) is 12.9. The van der Waals surface area contributed by atoms with E-state index < -0.39 is 0 Å². The summed E-state index contributed by atoms with van der Waals surface area (Å²) in [4.78, 5) is 12.8. The molecule has 4 nitrogen and oxygen atoms in total. The van der Waals surface area contributed by atoms with E-state index in [2.05, 4.69) is 21.2 Å². The summed E-state index contributed by atoms with van der Waals surface area (Å²) in [6.07, 6.45) is 0. The second-order valence-corrected chi connectivity index (χ2v) is 5.56. The molecule has 1 aromatic carbocycles. The van der Waals surface area contributed by atoms with Gasteiger partial charge in [-0.25, -0.2) is 0 Å². The largest absolute Gasteiger partial charge is 0.508 e. The Balaban J connectivity index is 2.03. The average molecular weight is 328 g/mol. The fourth-order valence-electron chi connectivity index (χ4n) is 1.44. The van der Waals surface area contributed by atoms with E-state index in [9.17, 15) is 15.0 Å². The van der Waals surface area contributed by atoms with E-state index in [0.717, 1.165) is 9.35 Å². The lowest BCUT2D eigenvalue weighted by atomic mass is 10.2. The molecule has 1 heterocycles. The number of hydrogen-bond donors (Lipinski definition) is 3. The molecule has 1 amide bonds. The number of carbonyl (C=O) groups excluding carboxylic acids is 1. The molecule has 94 valence electrons. The third kappa shape index (κ3) is 3.24. The van der Waals surface area contributed by atoms with Crippen LogP contribution in [0.15, 0.2) is 34.1 Å². The fourth-order valence-corrected chi connectivity index (χ4v) is 2.83. The molecule has 0 aliphatic carbocycles. The van der Waals surface area contributed by atoms with Crippen molar-refractivity contribution < 1.29 is 15.0 Å². The quantitative estimate of drug-likeness (QED) is 0.811. The van der Waals surface area contributed by atoms with E-state index >= 15 is 0 Å². The van der Waals surface area contributed by atoms with Gasteiger partial charge in [0.05, 0.1) is 6.54 Å². The molecule has 0 bridgehead atoms. The van der Waals surface area contributed by atoms with Crippen molar-refractivity contribution >= 4 is 33.2 Å². The number of phenols is 2. The van der Waals surface area contributed by atoms with Crippen LogP contribution >= 0.6 is 27.3 Å². The van der Waals surface area contributed by atoms with Crippen LogP contribution in [0.1, 0.15) is 15.2 Å². The lowest BCUT2D eigenvalue weighted by Crippen LogP contribution is -2.22. The van der Waals surface area contributed by atoms with Gasteiger partial charge in [-0.1, -0.05) is 0 Å². The third-order valence-electron chi connectivity index (χ3n) is 2.21. The highest BCUT2D eigenvalue weighted by atomic mass is 79.9. The Morgan fingerprint density at radius 2 is 1.89 bits per heavy atom. The van der Waals surface area contributed by atoms with E-state index in [-0.39, 0.29) is 23.0 Å². The molecule has 0 unspecified atom stereocenters. The van der Waals surface area contributed by atoms with Gasteiger partial charge < -0.3 is 15.5 Å². The van der Waals surface area contributed by atoms with Crippen molar-refractivity contribution in [3.63, 3.8) is 0 Å². The monoisotopic (exact) mass is 327 g/mol. The van der Waals surface area contributed by atoms with Gasteiger partial charge in [0, 0.05) is 26.4 Å². The second-order valence-electron chi connectivity index (χ2n) is 3.65. The van der Waals surface area contributed by atoms with Crippen LogP contribution in [0.5, 0.6) is 11.5 Å². The van der Waals surface area contributed by atoms with Gasteiger partial charge in [-0.15, -0.1) is 11.3 Å². The molecule has 0 spiro atoms. The molecule has 2 rings (SSSR count). The zero-order valence-electron chi connectivity index (χ0n) is 9.18. The number of phenolic OH excluding ortho intramolecular Hbond substituents is 2. The van der Waals surface area contributed by atoms with Crippen LogP contribution in [0.4, 0.5) is 0 Å². The molecule has 0 fully saturated rings. The van der Waals surface area contributed by atoms with Crippen molar-refractivity contribution in [2.24, 2.45) is 0 Å². The second kappa shape index (κ2) is 5.41. The number of carbonyl (C=O) groups is 1. The van der Waals surface area contributed by atoms with Crippen LogP contribution in [0, 0.1) is 0 Å². The van der Waals surface area contributed by atoms with E-state index in [0.29, 0.717) is 6.54 Å². The minimum absolute atomic E-state index is 0.140. The predicted molar refractivity (Wildman–Crippen MR) is 73.0 cm³/mol. The molecule has 3 N–H and O–H groups in total. The lowest BCUT2D eigenvalue weighted by molar-refractivity contribution is 0.0950. The highest BCUT2D eigenvalue weighted by molar-refractivity contribution is 9.10. The summed E-state index contributed by atoms with van der Waals surface area (Å²) >= 11 is 4.87. The number of amides is 1. The smallest absolute Gasteiger partial charge is 0.251 e. The van der Waals surface area contributed by atoms with Crippen LogP contribution in [0.2, 0.25) is 0 Å². The molecule has 0 saturated heterocycles. The fraction of sp³-hybridized carbons (Fsp3) is 0.0833. The van der Waals surface area contributed by atoms with E-state index in [1.165, 1.54) is 29.5 Å². The van der Waals surface area contributed by atoms with Crippen LogP contribution in [-0.2, 0) is 6.54 Å². The number of hydrogen-bond acceptors (Lipinski definition) is 4. The summed E-state index contributed by atoms with van der Waals surface area (Å²) in [6.45, 7) is 0.408. The van der Waals surface area contributed by atoms with Gasteiger partial charge in [-0.05, 0) is 34.1 Å². The molecule has 0 aliphatic rings. The summed E-state index contributed by atoms with van der Waals surface area (Å²) < 4.78 is 0.978. The topological polar surface area (TPSA) is 69.6 Å². The summed E-state index contributed by atoms with van der Waals surface area (Å²) in [5.74, 6) is -0.622. The lowest BCUT2D eigenvalue weighted by Gasteiger charge is -2.05. The minimum Gasteiger partial charge on any atom is -0.508 e. The van der Waals surface area contributed by atoms with Crippen LogP contribution in [0.3, 0.4) is 0 Å². The molecule has 0 atom stereocenters. The Bertz CT molecular complexity index is 562. The molecular weight excluding hydrogens is 318 g/mol. The number of halogens is 1. The average Bonchev–Trinajstić information content (AvgIpc) is 2.70. The van der Waals surface area contributed by atoms with Gasteiger partial charge in [-0.2, -0.15) is 0 Å². The van der Waals surface area contributed by atoms with Gasteiger partial charge in [0.25, 0.3) is 5.91 Å². The van der Waals surface area contributed by atoms with Gasteiger partial charge in [0.2, 0.25) is 0 Å². The van der Waals surface area contributed by atoms with E-state index in [4.69, 9.17) is 0 Å². The molecular formula is C12H10BrNO3S. The van der Waals surface area contributed by atoms with Crippen molar-refractivity contribution in [2.75, 3.05) is 0 Å². The predicted octanol–water partition coefficient (Wildman–Crippen LogP) is 2.85. The summed E-state index contributed by atoms with van der Waals surface area (Å²) in [5.41, 5.74) is 0.225. The summed E-state index contributed by atoms with van der Waals surface area (Å²) in [7, 11) is 0. The van der Waals surface area contributed by atoms with Gasteiger partial charge in [-0.3, -0.25) is 4.79 Å². The number of benzene rings is 1. The molecule has 18 heavy (non-hydrogen) atoms. The minimum atomic E-state index is -0.342. The number of nitrogens with one attached hydrogen (secondary N) is 1. The zero-order valence-corrected chi connectivity index (χ0v) is 11.6. The number of thiophene rings is 1. The first-order chi connectivity index (χ1) is 8.54.